The summed E-state index contributed by atoms with van der Waals surface area (Å²) in [6, 6.07) is 0. The van der Waals surface area contributed by atoms with Gasteiger partial charge in [-0.3, -0.25) is 9.59 Å². The highest BCUT2D eigenvalue weighted by Crippen LogP contribution is 2.62. The zero-order valence-electron chi connectivity index (χ0n) is 12.5. The van der Waals surface area contributed by atoms with Crippen LogP contribution < -0.4 is 0 Å². The SMILES string of the molecule is COC(=O)C(C(C)=O)[C@H]1[C@H]2C[C@@H](O[N+](=O)[O-])[C@@H]1[C@H]1C=CC[C@H]12. The summed E-state index contributed by atoms with van der Waals surface area (Å²) in [4.78, 5) is 39.7. The number of hydrogen-bond acceptors (Lipinski definition) is 6. The first-order valence-corrected chi connectivity index (χ1v) is 7.51. The van der Waals surface area contributed by atoms with Crippen LogP contribution in [0.2, 0.25) is 0 Å². The van der Waals surface area contributed by atoms with E-state index in [0.29, 0.717) is 12.3 Å². The van der Waals surface area contributed by atoms with E-state index in [-0.39, 0.29) is 29.5 Å². The Morgan fingerprint density at radius 1 is 1.36 bits per heavy atom. The van der Waals surface area contributed by atoms with Crippen LogP contribution in [0, 0.1) is 45.6 Å². The predicted molar refractivity (Wildman–Crippen MR) is 73.9 cm³/mol. The minimum atomic E-state index is -0.848. The highest BCUT2D eigenvalue weighted by Gasteiger charge is 2.63. The maximum Gasteiger partial charge on any atom is 0.316 e. The third-order valence-electron chi connectivity index (χ3n) is 5.63. The highest BCUT2D eigenvalue weighted by molar-refractivity contribution is 5.98. The van der Waals surface area contributed by atoms with Gasteiger partial charge in [-0.15, -0.1) is 10.1 Å². The Morgan fingerprint density at radius 2 is 2.09 bits per heavy atom. The van der Waals surface area contributed by atoms with Gasteiger partial charge >= 0.3 is 5.97 Å². The maximum absolute atomic E-state index is 12.1. The van der Waals surface area contributed by atoms with E-state index in [0.717, 1.165) is 6.42 Å². The molecule has 2 fully saturated rings. The number of methoxy groups -OCH3 is 1. The lowest BCUT2D eigenvalue weighted by Gasteiger charge is -2.29. The molecule has 0 aromatic rings. The van der Waals surface area contributed by atoms with Gasteiger partial charge in [0, 0.05) is 0 Å². The molecule has 0 aliphatic heterocycles. The van der Waals surface area contributed by atoms with Gasteiger partial charge in [0.25, 0.3) is 5.09 Å². The molecule has 0 spiro atoms. The molecule has 0 N–H and O–H groups in total. The fraction of sp³-hybridized carbons (Fsp3) is 0.733. The third-order valence-corrected chi connectivity index (χ3v) is 5.63. The van der Waals surface area contributed by atoms with Crippen molar-refractivity contribution in [2.75, 3.05) is 7.11 Å². The molecule has 2 saturated carbocycles. The van der Waals surface area contributed by atoms with Gasteiger partial charge in [0.15, 0.2) is 0 Å². The van der Waals surface area contributed by atoms with Crippen molar-refractivity contribution in [3.63, 3.8) is 0 Å². The zero-order chi connectivity index (χ0) is 16.0. The van der Waals surface area contributed by atoms with Crippen LogP contribution in [0.25, 0.3) is 0 Å². The van der Waals surface area contributed by atoms with E-state index in [1.165, 1.54) is 14.0 Å². The lowest BCUT2D eigenvalue weighted by atomic mass is 9.79. The van der Waals surface area contributed by atoms with Crippen molar-refractivity contribution in [1.82, 2.24) is 0 Å². The van der Waals surface area contributed by atoms with Gasteiger partial charge in [-0.2, -0.15) is 0 Å². The van der Waals surface area contributed by atoms with Crippen LogP contribution in [0.1, 0.15) is 19.8 Å². The third kappa shape index (κ3) is 2.10. The normalized spacial score (nSPS) is 39.4. The number of carbonyl (C=O) groups excluding carboxylic acids is 2. The smallest absolute Gasteiger partial charge is 0.316 e. The molecule has 0 radical (unpaired) electrons. The molecule has 0 amide bonds. The number of carbonyl (C=O) groups is 2. The molecule has 22 heavy (non-hydrogen) atoms. The summed E-state index contributed by atoms with van der Waals surface area (Å²) >= 11 is 0. The Bertz CT molecular complexity index is 544. The second-order valence-electron chi connectivity index (χ2n) is 6.44. The van der Waals surface area contributed by atoms with Crippen LogP contribution in [-0.2, 0) is 19.2 Å². The molecule has 0 saturated heterocycles. The number of ketones is 1. The molecule has 120 valence electrons. The van der Waals surface area contributed by atoms with Crippen LogP contribution in [0.3, 0.4) is 0 Å². The van der Waals surface area contributed by atoms with E-state index in [1.54, 1.807) is 0 Å². The Labute approximate surface area is 127 Å². The number of allylic oxidation sites excluding steroid dienone is 2. The van der Waals surface area contributed by atoms with E-state index in [4.69, 9.17) is 9.57 Å². The zero-order valence-corrected chi connectivity index (χ0v) is 12.5. The summed E-state index contributed by atoms with van der Waals surface area (Å²) in [5.41, 5.74) is 0. The molecule has 1 unspecified atom stereocenters. The van der Waals surface area contributed by atoms with E-state index >= 15 is 0 Å². The summed E-state index contributed by atoms with van der Waals surface area (Å²) < 4.78 is 4.80. The van der Waals surface area contributed by atoms with Gasteiger partial charge in [0.1, 0.15) is 17.8 Å². The summed E-state index contributed by atoms with van der Waals surface area (Å²) in [7, 11) is 1.26. The van der Waals surface area contributed by atoms with Gasteiger partial charge in [0.05, 0.1) is 7.11 Å². The van der Waals surface area contributed by atoms with Crippen molar-refractivity contribution in [2.45, 2.75) is 25.9 Å². The number of fused-ring (bicyclic) bond motifs is 5. The number of rotatable bonds is 5. The average molecular weight is 309 g/mol. The number of hydrogen-bond donors (Lipinski definition) is 0. The van der Waals surface area contributed by atoms with E-state index in [9.17, 15) is 19.7 Å². The van der Waals surface area contributed by atoms with E-state index < -0.39 is 23.1 Å². The largest absolute Gasteiger partial charge is 0.468 e. The first-order valence-electron chi connectivity index (χ1n) is 7.51. The molecule has 0 aromatic carbocycles. The number of Topliss-reactive ketones (excluding diaryl/α,β-unsaturated/α-hetero) is 1. The fourth-order valence-corrected chi connectivity index (χ4v) is 5.06. The van der Waals surface area contributed by atoms with Gasteiger partial charge in [-0.05, 0) is 49.4 Å². The summed E-state index contributed by atoms with van der Waals surface area (Å²) in [6.07, 6.45) is 5.03. The van der Waals surface area contributed by atoms with Crippen molar-refractivity contribution in [2.24, 2.45) is 35.5 Å². The minimum Gasteiger partial charge on any atom is -0.468 e. The second-order valence-corrected chi connectivity index (χ2v) is 6.44. The topological polar surface area (TPSA) is 95.7 Å². The monoisotopic (exact) mass is 309 g/mol. The van der Waals surface area contributed by atoms with Crippen molar-refractivity contribution >= 4 is 11.8 Å². The molecule has 3 aliphatic rings. The number of esters is 1. The van der Waals surface area contributed by atoms with Crippen LogP contribution in [0.5, 0.6) is 0 Å². The molecule has 0 heterocycles. The van der Waals surface area contributed by atoms with Crippen molar-refractivity contribution in [3.8, 4) is 0 Å². The fourth-order valence-electron chi connectivity index (χ4n) is 5.06. The average Bonchev–Trinajstić information content (AvgIpc) is 3.08. The van der Waals surface area contributed by atoms with E-state index in [2.05, 4.69) is 12.2 Å². The highest BCUT2D eigenvalue weighted by atomic mass is 17.0. The van der Waals surface area contributed by atoms with Gasteiger partial charge in [0.2, 0.25) is 0 Å². The first kappa shape index (κ1) is 15.0. The maximum atomic E-state index is 12.1. The Kier molecular flexibility index (Phi) is 3.66. The van der Waals surface area contributed by atoms with Crippen molar-refractivity contribution in [1.29, 1.82) is 0 Å². The van der Waals surface area contributed by atoms with Crippen molar-refractivity contribution in [3.05, 3.63) is 22.3 Å². The summed E-state index contributed by atoms with van der Waals surface area (Å²) in [5, 5.41) is 9.96. The molecule has 0 aromatic heterocycles. The Hall–Kier alpha value is -1.92. The lowest BCUT2D eigenvalue weighted by molar-refractivity contribution is -0.770. The number of nitrogens with zero attached hydrogens (tertiary/aromatic N) is 1. The molecule has 3 aliphatic carbocycles. The first-order chi connectivity index (χ1) is 10.5. The predicted octanol–water partition coefficient (Wildman–Crippen LogP) is 1.40. The molecule has 2 bridgehead atoms. The van der Waals surface area contributed by atoms with Crippen LogP contribution in [-0.4, -0.2) is 30.1 Å². The molecule has 3 rings (SSSR count). The molecule has 7 nitrogen and oxygen atoms in total. The summed E-state index contributed by atoms with van der Waals surface area (Å²) in [5.74, 6) is -1.44. The van der Waals surface area contributed by atoms with Crippen LogP contribution >= 0.6 is 0 Å². The molecule has 7 heteroatoms. The van der Waals surface area contributed by atoms with Crippen LogP contribution in [0.4, 0.5) is 0 Å². The molecular weight excluding hydrogens is 290 g/mol. The van der Waals surface area contributed by atoms with Gasteiger partial charge in [-0.25, -0.2) is 0 Å². The van der Waals surface area contributed by atoms with Gasteiger partial charge in [-0.1, -0.05) is 12.2 Å². The minimum absolute atomic E-state index is 0.0861. The molecule has 7 atom stereocenters. The Morgan fingerprint density at radius 3 is 2.68 bits per heavy atom. The number of ether oxygens (including phenoxy) is 1. The molecular formula is C15H19NO6. The Balaban J connectivity index is 1.93. The lowest BCUT2D eigenvalue weighted by Crippen LogP contribution is -2.37. The van der Waals surface area contributed by atoms with Crippen molar-refractivity contribution < 1.29 is 24.3 Å². The van der Waals surface area contributed by atoms with Gasteiger partial charge < -0.3 is 9.57 Å². The van der Waals surface area contributed by atoms with Crippen LogP contribution in [0.15, 0.2) is 12.2 Å². The standard InChI is InChI=1S/C15H19NO6/c1-7(17)12(15(18)21-2)14-10-6-11(22-16(19)20)13(14)9-5-3-4-8(9)10/h3,5,8-14H,4,6H2,1-2H3/t8-,9+,10+,11-,12?,13+,14-/m1/s1. The summed E-state index contributed by atoms with van der Waals surface area (Å²) in [6.45, 7) is 1.38. The quantitative estimate of drug-likeness (QED) is 0.250. The second kappa shape index (κ2) is 5.37. The van der Waals surface area contributed by atoms with E-state index in [1.807, 2.05) is 0 Å².